The lowest BCUT2D eigenvalue weighted by molar-refractivity contribution is -0.385. The van der Waals surface area contributed by atoms with Gasteiger partial charge in [0, 0.05) is 38.5 Å². The van der Waals surface area contributed by atoms with Gasteiger partial charge in [0.05, 0.1) is 15.5 Å². The van der Waals surface area contributed by atoms with Crippen LogP contribution in [0.25, 0.3) is 0 Å². The highest BCUT2D eigenvalue weighted by atomic mass is 35.5. The fourth-order valence-corrected chi connectivity index (χ4v) is 2.29. The first-order valence-electron chi connectivity index (χ1n) is 5.74. The summed E-state index contributed by atoms with van der Waals surface area (Å²) in [7, 11) is 0. The molecule has 0 amide bonds. The Labute approximate surface area is 109 Å². The molecule has 1 heterocycles. The maximum Gasteiger partial charge on any atom is 0.275 e. The number of nitrogens with zero attached hydrogens (tertiary/aromatic N) is 2. The molecule has 0 saturated carbocycles. The van der Waals surface area contributed by atoms with Gasteiger partial charge in [-0.1, -0.05) is 17.7 Å². The highest BCUT2D eigenvalue weighted by Crippen LogP contribution is 2.28. The first-order chi connectivity index (χ1) is 8.58. The Bertz CT molecular complexity index is 480. The summed E-state index contributed by atoms with van der Waals surface area (Å²) in [5.41, 5.74) is 0.568. The zero-order valence-electron chi connectivity index (χ0n) is 9.76. The monoisotopic (exact) mass is 268 g/mol. The first kappa shape index (κ1) is 13.0. The number of hydrogen-bond acceptors (Lipinski definition) is 4. The number of benzene rings is 1. The van der Waals surface area contributed by atoms with Gasteiger partial charge < -0.3 is 0 Å². The van der Waals surface area contributed by atoms with E-state index >= 15 is 0 Å². The Morgan fingerprint density at radius 1 is 1.33 bits per heavy atom. The van der Waals surface area contributed by atoms with Gasteiger partial charge in [-0.25, -0.2) is 0 Å². The van der Waals surface area contributed by atoms with Gasteiger partial charge in [0.25, 0.3) is 5.69 Å². The Morgan fingerprint density at radius 3 is 2.61 bits per heavy atom. The Balaban J connectivity index is 2.18. The number of likely N-dealkylation sites (tertiary alicyclic amines) is 1. The molecular weight excluding hydrogens is 256 g/mol. The van der Waals surface area contributed by atoms with Crippen LogP contribution in [0.5, 0.6) is 0 Å². The van der Waals surface area contributed by atoms with E-state index < -0.39 is 4.92 Å². The molecular formula is C12H13ClN2O3. The number of hydrogen-bond donors (Lipinski definition) is 0. The number of piperidine rings is 1. The number of ketones is 1. The topological polar surface area (TPSA) is 63.5 Å². The van der Waals surface area contributed by atoms with Crippen molar-refractivity contribution in [2.75, 3.05) is 13.1 Å². The molecule has 1 fully saturated rings. The van der Waals surface area contributed by atoms with E-state index in [4.69, 9.17) is 11.6 Å². The molecule has 1 aromatic carbocycles. The summed E-state index contributed by atoms with van der Waals surface area (Å²) in [4.78, 5) is 23.7. The van der Waals surface area contributed by atoms with E-state index in [1.165, 1.54) is 6.07 Å². The van der Waals surface area contributed by atoms with Crippen LogP contribution in [0.2, 0.25) is 5.02 Å². The van der Waals surface area contributed by atoms with Gasteiger partial charge in [0.15, 0.2) is 0 Å². The van der Waals surface area contributed by atoms with E-state index in [2.05, 4.69) is 0 Å². The molecule has 96 valence electrons. The molecule has 0 bridgehead atoms. The van der Waals surface area contributed by atoms with Crippen LogP contribution in [-0.4, -0.2) is 28.7 Å². The number of halogens is 1. The predicted octanol–water partition coefficient (Wildman–Crippen LogP) is 2.41. The molecule has 1 aromatic rings. The standard InChI is InChI=1S/C12H13ClN2O3/c13-11-2-1-3-12(15(17)18)10(11)8-14-6-4-9(16)5-7-14/h1-3H,4-8H2. The number of carbonyl (C=O) groups excluding carboxylic acids is 1. The lowest BCUT2D eigenvalue weighted by atomic mass is 10.1. The Hall–Kier alpha value is -1.46. The summed E-state index contributed by atoms with van der Waals surface area (Å²) in [6.45, 7) is 1.70. The summed E-state index contributed by atoms with van der Waals surface area (Å²) < 4.78 is 0. The van der Waals surface area contributed by atoms with Crippen molar-refractivity contribution < 1.29 is 9.72 Å². The fraction of sp³-hybridized carbons (Fsp3) is 0.417. The van der Waals surface area contributed by atoms with Gasteiger partial charge >= 0.3 is 0 Å². The number of rotatable bonds is 3. The molecule has 2 rings (SSSR count). The van der Waals surface area contributed by atoms with Crippen molar-refractivity contribution in [3.63, 3.8) is 0 Å². The van der Waals surface area contributed by atoms with E-state index in [-0.39, 0.29) is 11.5 Å². The summed E-state index contributed by atoms with van der Waals surface area (Å²) in [5, 5.41) is 11.3. The number of Topliss-reactive ketones (excluding diaryl/α,β-unsaturated/α-hetero) is 1. The van der Waals surface area contributed by atoms with Gasteiger partial charge in [0.2, 0.25) is 0 Å². The van der Waals surface area contributed by atoms with Crippen LogP contribution in [0.3, 0.4) is 0 Å². The minimum atomic E-state index is -0.420. The van der Waals surface area contributed by atoms with E-state index in [0.29, 0.717) is 43.1 Å². The predicted molar refractivity (Wildman–Crippen MR) is 67.6 cm³/mol. The van der Waals surface area contributed by atoms with E-state index in [1.807, 2.05) is 4.90 Å². The van der Waals surface area contributed by atoms with Crippen molar-refractivity contribution in [3.8, 4) is 0 Å². The summed E-state index contributed by atoms with van der Waals surface area (Å²) in [5.74, 6) is 0.250. The van der Waals surface area contributed by atoms with E-state index in [1.54, 1.807) is 12.1 Å². The summed E-state index contributed by atoms with van der Waals surface area (Å²) in [6.07, 6.45) is 1.02. The molecule has 0 N–H and O–H groups in total. The van der Waals surface area contributed by atoms with Crippen LogP contribution in [0, 0.1) is 10.1 Å². The molecule has 1 aliphatic heterocycles. The smallest absolute Gasteiger partial charge is 0.275 e. The molecule has 5 nitrogen and oxygen atoms in total. The third kappa shape index (κ3) is 2.86. The molecule has 0 atom stereocenters. The van der Waals surface area contributed by atoms with Gasteiger partial charge in [-0.05, 0) is 6.07 Å². The van der Waals surface area contributed by atoms with Gasteiger partial charge in [-0.2, -0.15) is 0 Å². The fourth-order valence-electron chi connectivity index (χ4n) is 2.06. The normalized spacial score (nSPS) is 16.8. The Kier molecular flexibility index (Phi) is 3.93. The van der Waals surface area contributed by atoms with Crippen molar-refractivity contribution in [1.82, 2.24) is 4.90 Å². The van der Waals surface area contributed by atoms with Crippen molar-refractivity contribution in [3.05, 3.63) is 38.9 Å². The zero-order chi connectivity index (χ0) is 13.1. The maximum absolute atomic E-state index is 11.1. The van der Waals surface area contributed by atoms with Crippen molar-refractivity contribution >= 4 is 23.1 Å². The Morgan fingerprint density at radius 2 is 2.00 bits per heavy atom. The quantitative estimate of drug-likeness (QED) is 0.624. The van der Waals surface area contributed by atoms with E-state index in [9.17, 15) is 14.9 Å². The van der Waals surface area contributed by atoms with Crippen molar-refractivity contribution in [1.29, 1.82) is 0 Å². The van der Waals surface area contributed by atoms with Crippen LogP contribution in [-0.2, 0) is 11.3 Å². The number of carbonyl (C=O) groups is 1. The molecule has 0 radical (unpaired) electrons. The largest absolute Gasteiger partial charge is 0.300 e. The van der Waals surface area contributed by atoms with Crippen LogP contribution in [0.1, 0.15) is 18.4 Å². The lowest BCUT2D eigenvalue weighted by Crippen LogP contribution is -2.33. The van der Waals surface area contributed by atoms with Crippen molar-refractivity contribution in [2.24, 2.45) is 0 Å². The van der Waals surface area contributed by atoms with Crippen LogP contribution >= 0.6 is 11.6 Å². The molecule has 6 heteroatoms. The minimum Gasteiger partial charge on any atom is -0.300 e. The minimum absolute atomic E-state index is 0.0411. The number of nitro benzene ring substituents is 1. The second-order valence-electron chi connectivity index (χ2n) is 4.31. The molecule has 0 spiro atoms. The average Bonchev–Trinajstić information content (AvgIpc) is 2.34. The molecule has 1 saturated heterocycles. The lowest BCUT2D eigenvalue weighted by Gasteiger charge is -2.25. The molecule has 0 aliphatic carbocycles. The van der Waals surface area contributed by atoms with Crippen LogP contribution in [0.4, 0.5) is 5.69 Å². The summed E-state index contributed by atoms with van der Waals surface area (Å²) >= 11 is 6.02. The molecule has 0 aromatic heterocycles. The molecule has 1 aliphatic rings. The van der Waals surface area contributed by atoms with E-state index in [0.717, 1.165) is 0 Å². The average molecular weight is 269 g/mol. The van der Waals surface area contributed by atoms with Gasteiger partial charge in [-0.15, -0.1) is 0 Å². The summed E-state index contributed by atoms with van der Waals surface area (Å²) in [6, 6.07) is 4.68. The third-order valence-corrected chi connectivity index (χ3v) is 3.44. The number of nitro groups is 1. The van der Waals surface area contributed by atoms with Crippen LogP contribution < -0.4 is 0 Å². The molecule has 18 heavy (non-hydrogen) atoms. The van der Waals surface area contributed by atoms with Gasteiger partial charge in [0.1, 0.15) is 5.78 Å². The van der Waals surface area contributed by atoms with Crippen LogP contribution in [0.15, 0.2) is 18.2 Å². The second-order valence-corrected chi connectivity index (χ2v) is 4.72. The third-order valence-electron chi connectivity index (χ3n) is 3.09. The second kappa shape index (κ2) is 5.46. The first-order valence-corrected chi connectivity index (χ1v) is 6.11. The highest BCUT2D eigenvalue weighted by Gasteiger charge is 2.22. The highest BCUT2D eigenvalue weighted by molar-refractivity contribution is 6.31. The van der Waals surface area contributed by atoms with Crippen molar-refractivity contribution in [2.45, 2.75) is 19.4 Å². The van der Waals surface area contributed by atoms with Gasteiger partial charge in [-0.3, -0.25) is 19.8 Å². The molecule has 0 unspecified atom stereocenters. The maximum atomic E-state index is 11.1. The zero-order valence-corrected chi connectivity index (χ0v) is 10.5. The SMILES string of the molecule is O=C1CCN(Cc2c(Cl)cccc2[N+](=O)[O-])CC1.